The van der Waals surface area contributed by atoms with Crippen LogP contribution in [0.25, 0.3) is 21.8 Å². The highest BCUT2D eigenvalue weighted by Crippen LogP contribution is 2.30. The van der Waals surface area contributed by atoms with E-state index < -0.39 is 0 Å². The van der Waals surface area contributed by atoms with Crippen molar-refractivity contribution in [3.05, 3.63) is 36.5 Å². The summed E-state index contributed by atoms with van der Waals surface area (Å²) in [7, 11) is 0. The molecule has 2 N–H and O–H groups in total. The molecule has 4 nitrogen and oxygen atoms in total. The van der Waals surface area contributed by atoms with Gasteiger partial charge in [0.15, 0.2) is 5.82 Å². The molecule has 0 radical (unpaired) electrons. The Hall–Kier alpha value is -2.07. The van der Waals surface area contributed by atoms with Gasteiger partial charge in [0.05, 0.1) is 5.52 Å². The van der Waals surface area contributed by atoms with Crippen LogP contribution < -0.4 is 10.2 Å². The first-order valence-electron chi connectivity index (χ1n) is 6.74. The van der Waals surface area contributed by atoms with Crippen LogP contribution in [0.2, 0.25) is 0 Å². The molecule has 1 saturated heterocycles. The Bertz CT molecular complexity index is 725. The Labute approximate surface area is 111 Å². The molecule has 0 atom stereocenters. The second-order valence-electron chi connectivity index (χ2n) is 4.96. The molecule has 4 heteroatoms. The number of para-hydroxylation sites is 1. The molecular formula is C15H16N4. The summed E-state index contributed by atoms with van der Waals surface area (Å²) in [6.07, 6.45) is 1.92. The zero-order valence-electron chi connectivity index (χ0n) is 10.7. The van der Waals surface area contributed by atoms with Gasteiger partial charge in [-0.15, -0.1) is 0 Å². The lowest BCUT2D eigenvalue weighted by molar-refractivity contribution is 0.586. The molecule has 96 valence electrons. The van der Waals surface area contributed by atoms with Crippen LogP contribution in [-0.4, -0.2) is 36.1 Å². The molecule has 4 rings (SSSR count). The number of nitrogens with one attached hydrogen (secondary N) is 2. The van der Waals surface area contributed by atoms with Crippen molar-refractivity contribution >= 4 is 27.6 Å². The fraction of sp³-hybridized carbons (Fsp3) is 0.267. The van der Waals surface area contributed by atoms with Crippen molar-refractivity contribution in [2.45, 2.75) is 0 Å². The first kappa shape index (κ1) is 10.8. The molecule has 3 aromatic rings. The quantitative estimate of drug-likeness (QED) is 0.697. The van der Waals surface area contributed by atoms with Crippen LogP contribution in [0.4, 0.5) is 5.82 Å². The Kier molecular flexibility index (Phi) is 2.42. The number of H-pyrrole nitrogens is 1. The first-order chi connectivity index (χ1) is 9.43. The number of piperazine rings is 1. The highest BCUT2D eigenvalue weighted by molar-refractivity contribution is 6.10. The molecule has 0 amide bonds. The minimum absolute atomic E-state index is 1.02. The normalized spacial score (nSPS) is 16.3. The monoisotopic (exact) mass is 252 g/mol. The Morgan fingerprint density at radius 3 is 2.74 bits per heavy atom. The molecular weight excluding hydrogens is 236 g/mol. The lowest BCUT2D eigenvalue weighted by Crippen LogP contribution is -2.44. The van der Waals surface area contributed by atoms with E-state index >= 15 is 0 Å². The van der Waals surface area contributed by atoms with Crippen LogP contribution in [0.15, 0.2) is 36.5 Å². The van der Waals surface area contributed by atoms with E-state index in [2.05, 4.69) is 50.5 Å². The largest absolute Gasteiger partial charge is 0.352 e. The van der Waals surface area contributed by atoms with Gasteiger partial charge in [-0.2, -0.15) is 0 Å². The number of anilines is 1. The summed E-state index contributed by atoms with van der Waals surface area (Å²) >= 11 is 0. The SMILES string of the molecule is c1ccc2c(c1)[nH]c1c(N3CCNCC3)nccc12. The molecule has 0 unspecified atom stereocenters. The van der Waals surface area contributed by atoms with Gasteiger partial charge in [-0.1, -0.05) is 18.2 Å². The average molecular weight is 252 g/mol. The topological polar surface area (TPSA) is 44.0 Å². The maximum atomic E-state index is 4.59. The lowest BCUT2D eigenvalue weighted by Gasteiger charge is -2.28. The summed E-state index contributed by atoms with van der Waals surface area (Å²) in [6, 6.07) is 10.5. The van der Waals surface area contributed by atoms with Gasteiger partial charge in [0.2, 0.25) is 0 Å². The van der Waals surface area contributed by atoms with Crippen molar-refractivity contribution < 1.29 is 0 Å². The first-order valence-corrected chi connectivity index (χ1v) is 6.74. The summed E-state index contributed by atoms with van der Waals surface area (Å²) in [4.78, 5) is 10.5. The molecule has 19 heavy (non-hydrogen) atoms. The molecule has 0 spiro atoms. The second kappa shape index (κ2) is 4.24. The van der Waals surface area contributed by atoms with Crippen LogP contribution in [0.5, 0.6) is 0 Å². The van der Waals surface area contributed by atoms with Crippen LogP contribution in [0, 0.1) is 0 Å². The highest BCUT2D eigenvalue weighted by Gasteiger charge is 2.16. The molecule has 3 heterocycles. The molecule has 1 aliphatic heterocycles. The fourth-order valence-corrected chi connectivity index (χ4v) is 2.88. The van der Waals surface area contributed by atoms with E-state index in [0.717, 1.165) is 37.5 Å². The minimum atomic E-state index is 1.02. The zero-order chi connectivity index (χ0) is 12.7. The van der Waals surface area contributed by atoms with Gasteiger partial charge < -0.3 is 15.2 Å². The van der Waals surface area contributed by atoms with Crippen molar-refractivity contribution in [1.29, 1.82) is 0 Å². The summed E-state index contributed by atoms with van der Waals surface area (Å²) < 4.78 is 0. The van der Waals surface area contributed by atoms with Crippen LogP contribution in [0.3, 0.4) is 0 Å². The van der Waals surface area contributed by atoms with Gasteiger partial charge in [-0.3, -0.25) is 0 Å². The Morgan fingerprint density at radius 1 is 1.00 bits per heavy atom. The van der Waals surface area contributed by atoms with E-state index in [1.54, 1.807) is 0 Å². The fourth-order valence-electron chi connectivity index (χ4n) is 2.88. The van der Waals surface area contributed by atoms with Crippen molar-refractivity contribution in [2.24, 2.45) is 0 Å². The number of hydrogen-bond acceptors (Lipinski definition) is 3. The smallest absolute Gasteiger partial charge is 0.153 e. The maximum absolute atomic E-state index is 4.59. The number of nitrogens with zero attached hydrogens (tertiary/aromatic N) is 2. The minimum Gasteiger partial charge on any atom is -0.352 e. The summed E-state index contributed by atoms with van der Waals surface area (Å²) in [5.74, 6) is 1.08. The number of aromatic amines is 1. The van der Waals surface area contributed by atoms with Gasteiger partial charge >= 0.3 is 0 Å². The summed E-state index contributed by atoms with van der Waals surface area (Å²) in [5, 5.41) is 5.92. The standard InChI is InChI=1S/C15H16N4/c1-2-4-13-11(3-1)12-5-6-17-15(14(12)18-13)19-9-7-16-8-10-19/h1-6,16,18H,7-10H2. The van der Waals surface area contributed by atoms with E-state index in [-0.39, 0.29) is 0 Å². The van der Waals surface area contributed by atoms with Crippen molar-refractivity contribution in [3.63, 3.8) is 0 Å². The number of rotatable bonds is 1. The molecule has 1 aliphatic rings. The van der Waals surface area contributed by atoms with E-state index in [9.17, 15) is 0 Å². The van der Waals surface area contributed by atoms with Crippen molar-refractivity contribution in [3.8, 4) is 0 Å². The predicted molar refractivity (Wildman–Crippen MR) is 78.7 cm³/mol. The third-order valence-electron chi connectivity index (χ3n) is 3.82. The Balaban J connectivity index is 1.95. The second-order valence-corrected chi connectivity index (χ2v) is 4.96. The summed E-state index contributed by atoms with van der Waals surface area (Å²) in [5.41, 5.74) is 2.34. The number of aromatic nitrogens is 2. The number of fused-ring (bicyclic) bond motifs is 3. The van der Waals surface area contributed by atoms with Crippen LogP contribution >= 0.6 is 0 Å². The lowest BCUT2D eigenvalue weighted by atomic mass is 10.2. The van der Waals surface area contributed by atoms with E-state index in [0.29, 0.717) is 0 Å². The van der Waals surface area contributed by atoms with Gasteiger partial charge in [-0.25, -0.2) is 4.98 Å². The number of pyridine rings is 1. The highest BCUT2D eigenvalue weighted by atomic mass is 15.2. The average Bonchev–Trinajstić information content (AvgIpc) is 2.87. The van der Waals surface area contributed by atoms with Gasteiger partial charge in [0, 0.05) is 48.7 Å². The molecule has 1 aromatic carbocycles. The van der Waals surface area contributed by atoms with Crippen LogP contribution in [-0.2, 0) is 0 Å². The van der Waals surface area contributed by atoms with Crippen molar-refractivity contribution in [1.82, 2.24) is 15.3 Å². The van der Waals surface area contributed by atoms with Gasteiger partial charge in [-0.05, 0) is 12.1 Å². The summed E-state index contributed by atoms with van der Waals surface area (Å²) in [6.45, 7) is 4.08. The van der Waals surface area contributed by atoms with Gasteiger partial charge in [0.25, 0.3) is 0 Å². The predicted octanol–water partition coefficient (Wildman–Crippen LogP) is 2.13. The van der Waals surface area contributed by atoms with Crippen LogP contribution in [0.1, 0.15) is 0 Å². The van der Waals surface area contributed by atoms with Gasteiger partial charge in [0.1, 0.15) is 0 Å². The van der Waals surface area contributed by atoms with E-state index in [4.69, 9.17) is 0 Å². The third kappa shape index (κ3) is 1.68. The number of hydrogen-bond donors (Lipinski definition) is 2. The molecule has 0 bridgehead atoms. The Morgan fingerprint density at radius 2 is 1.84 bits per heavy atom. The van der Waals surface area contributed by atoms with E-state index in [1.165, 1.54) is 16.3 Å². The maximum Gasteiger partial charge on any atom is 0.153 e. The molecule has 1 fully saturated rings. The van der Waals surface area contributed by atoms with Crippen molar-refractivity contribution in [2.75, 3.05) is 31.1 Å². The molecule has 0 aliphatic carbocycles. The molecule has 2 aromatic heterocycles. The molecule has 0 saturated carbocycles. The zero-order valence-corrected chi connectivity index (χ0v) is 10.7. The third-order valence-corrected chi connectivity index (χ3v) is 3.82. The van der Waals surface area contributed by atoms with E-state index in [1.807, 2.05) is 6.20 Å². The number of benzene rings is 1.